The van der Waals surface area contributed by atoms with E-state index in [1.165, 1.54) is 29.9 Å². The lowest BCUT2D eigenvalue weighted by Crippen LogP contribution is -2.41. The predicted molar refractivity (Wildman–Crippen MR) is 116 cm³/mol. The number of aryl methyl sites for hydroxylation is 1. The van der Waals surface area contributed by atoms with Crippen LogP contribution >= 0.6 is 11.3 Å². The molecule has 2 saturated heterocycles. The Morgan fingerprint density at radius 3 is 2.37 bits per heavy atom. The van der Waals surface area contributed by atoms with Crippen LogP contribution in [-0.4, -0.2) is 52.8 Å². The molecule has 2 aliphatic heterocycles. The molecule has 7 heteroatoms. The maximum atomic E-state index is 13.2. The molecule has 0 atom stereocenters. The smallest absolute Gasteiger partial charge is 0.265 e. The molecule has 1 aromatic heterocycles. The zero-order valence-electron chi connectivity index (χ0n) is 17.4. The van der Waals surface area contributed by atoms with E-state index in [4.69, 9.17) is 0 Å². The highest BCUT2D eigenvalue weighted by molar-refractivity contribution is 7.17. The highest BCUT2D eigenvalue weighted by atomic mass is 32.1. The van der Waals surface area contributed by atoms with Crippen LogP contribution in [0, 0.1) is 18.7 Å². The summed E-state index contributed by atoms with van der Waals surface area (Å²) in [5.41, 5.74) is 1.53. The molecule has 3 heterocycles. The highest BCUT2D eigenvalue weighted by Gasteiger charge is 2.29. The minimum absolute atomic E-state index is 0.0131. The number of piperidine rings is 2. The number of thiazole rings is 1. The Kier molecular flexibility index (Phi) is 6.46. The molecule has 2 fully saturated rings. The van der Waals surface area contributed by atoms with Gasteiger partial charge in [0.1, 0.15) is 15.7 Å². The van der Waals surface area contributed by atoms with Crippen molar-refractivity contribution in [1.29, 1.82) is 0 Å². The summed E-state index contributed by atoms with van der Waals surface area (Å²) < 4.78 is 13.2. The molecular formula is C23H28FN3O2S. The van der Waals surface area contributed by atoms with Gasteiger partial charge in [0.25, 0.3) is 5.91 Å². The molecule has 2 amide bonds. The molecule has 0 spiro atoms. The number of hydrogen-bond acceptors (Lipinski definition) is 4. The second-order valence-electron chi connectivity index (χ2n) is 8.32. The van der Waals surface area contributed by atoms with Crippen molar-refractivity contribution in [3.05, 3.63) is 40.7 Å². The van der Waals surface area contributed by atoms with Crippen LogP contribution < -0.4 is 0 Å². The molecule has 160 valence electrons. The summed E-state index contributed by atoms with van der Waals surface area (Å²) in [5.74, 6) is 0.367. The number of amides is 2. The lowest BCUT2D eigenvalue weighted by molar-refractivity contribution is -0.133. The van der Waals surface area contributed by atoms with E-state index in [2.05, 4.69) is 4.98 Å². The van der Waals surface area contributed by atoms with Crippen LogP contribution in [0.4, 0.5) is 4.39 Å². The van der Waals surface area contributed by atoms with Gasteiger partial charge in [-0.15, -0.1) is 11.3 Å². The van der Waals surface area contributed by atoms with Crippen LogP contribution in [0.15, 0.2) is 24.3 Å². The summed E-state index contributed by atoms with van der Waals surface area (Å²) in [4.78, 5) is 34.7. The van der Waals surface area contributed by atoms with Crippen molar-refractivity contribution in [3.8, 4) is 10.6 Å². The van der Waals surface area contributed by atoms with Gasteiger partial charge in [-0.05, 0) is 69.2 Å². The van der Waals surface area contributed by atoms with Crippen LogP contribution in [0.2, 0.25) is 0 Å². The molecule has 1 aromatic carbocycles. The molecule has 0 bridgehead atoms. The van der Waals surface area contributed by atoms with Crippen LogP contribution in [0.25, 0.3) is 10.6 Å². The zero-order valence-corrected chi connectivity index (χ0v) is 18.2. The second kappa shape index (κ2) is 9.25. The molecule has 4 rings (SSSR count). The van der Waals surface area contributed by atoms with E-state index >= 15 is 0 Å². The fourth-order valence-electron chi connectivity index (χ4n) is 4.31. The number of benzene rings is 1. The van der Waals surface area contributed by atoms with Crippen molar-refractivity contribution in [2.75, 3.05) is 26.2 Å². The highest BCUT2D eigenvalue weighted by Crippen LogP contribution is 2.30. The van der Waals surface area contributed by atoms with Crippen LogP contribution in [0.3, 0.4) is 0 Å². The lowest BCUT2D eigenvalue weighted by Gasteiger charge is -2.33. The van der Waals surface area contributed by atoms with Gasteiger partial charge < -0.3 is 9.80 Å². The minimum atomic E-state index is -0.287. The third-order valence-corrected chi connectivity index (χ3v) is 7.35. The molecule has 0 aliphatic carbocycles. The van der Waals surface area contributed by atoms with E-state index < -0.39 is 0 Å². The predicted octanol–water partition coefficient (Wildman–Crippen LogP) is 4.51. The fourth-order valence-corrected chi connectivity index (χ4v) is 5.35. The third kappa shape index (κ3) is 4.72. The first-order valence-electron chi connectivity index (χ1n) is 10.8. The molecular weight excluding hydrogens is 401 g/mol. The number of rotatable bonds is 4. The van der Waals surface area contributed by atoms with Gasteiger partial charge in [0.05, 0.1) is 5.69 Å². The van der Waals surface area contributed by atoms with Gasteiger partial charge in [-0.1, -0.05) is 0 Å². The summed E-state index contributed by atoms with van der Waals surface area (Å²) in [5, 5.41) is 0.734. The van der Waals surface area contributed by atoms with E-state index in [9.17, 15) is 14.0 Å². The molecule has 0 unspecified atom stereocenters. The second-order valence-corrected chi connectivity index (χ2v) is 9.32. The summed E-state index contributed by atoms with van der Waals surface area (Å²) >= 11 is 1.36. The topological polar surface area (TPSA) is 53.5 Å². The van der Waals surface area contributed by atoms with Gasteiger partial charge in [0.15, 0.2) is 0 Å². The monoisotopic (exact) mass is 429 g/mol. The SMILES string of the molecule is Cc1nc(-c2ccc(F)cc2)sc1C(=O)N1CCC(CC(=O)N2CCCCC2)CC1. The third-order valence-electron chi connectivity index (χ3n) is 6.16. The van der Waals surface area contributed by atoms with Gasteiger partial charge in [0.2, 0.25) is 5.91 Å². The van der Waals surface area contributed by atoms with Crippen molar-refractivity contribution in [2.45, 2.75) is 45.4 Å². The van der Waals surface area contributed by atoms with Gasteiger partial charge in [0, 0.05) is 38.2 Å². The number of carbonyl (C=O) groups excluding carboxylic acids is 2. The maximum Gasteiger partial charge on any atom is 0.265 e. The Morgan fingerprint density at radius 2 is 1.70 bits per heavy atom. The van der Waals surface area contributed by atoms with Crippen molar-refractivity contribution >= 4 is 23.2 Å². The van der Waals surface area contributed by atoms with E-state index in [0.29, 0.717) is 36.0 Å². The van der Waals surface area contributed by atoms with Gasteiger partial charge in [-0.3, -0.25) is 9.59 Å². The minimum Gasteiger partial charge on any atom is -0.343 e. The van der Waals surface area contributed by atoms with Crippen molar-refractivity contribution in [1.82, 2.24) is 14.8 Å². The molecule has 0 N–H and O–H groups in total. The lowest BCUT2D eigenvalue weighted by atomic mass is 9.92. The maximum absolute atomic E-state index is 13.2. The van der Waals surface area contributed by atoms with Crippen molar-refractivity contribution in [2.24, 2.45) is 5.92 Å². The Balaban J connectivity index is 1.34. The Labute approximate surface area is 180 Å². The first kappa shape index (κ1) is 21.0. The Hall–Kier alpha value is -2.28. The molecule has 0 saturated carbocycles. The summed E-state index contributed by atoms with van der Waals surface area (Å²) in [6, 6.07) is 6.19. The number of hydrogen-bond donors (Lipinski definition) is 0. The van der Waals surface area contributed by atoms with E-state index in [1.807, 2.05) is 16.7 Å². The Morgan fingerprint density at radius 1 is 1.03 bits per heavy atom. The van der Waals surface area contributed by atoms with Gasteiger partial charge >= 0.3 is 0 Å². The normalized spacial score (nSPS) is 17.9. The average molecular weight is 430 g/mol. The number of nitrogens with zero attached hydrogens (tertiary/aromatic N) is 3. The molecule has 2 aliphatic rings. The Bertz CT molecular complexity index is 898. The summed E-state index contributed by atoms with van der Waals surface area (Å²) in [7, 11) is 0. The first-order valence-corrected chi connectivity index (χ1v) is 11.6. The van der Waals surface area contributed by atoms with E-state index in [-0.39, 0.29) is 17.6 Å². The molecule has 2 aromatic rings. The average Bonchev–Trinajstić information content (AvgIpc) is 3.16. The van der Waals surface area contributed by atoms with Crippen LogP contribution in [0.5, 0.6) is 0 Å². The van der Waals surface area contributed by atoms with Crippen LogP contribution in [-0.2, 0) is 4.79 Å². The molecule has 5 nitrogen and oxygen atoms in total. The quantitative estimate of drug-likeness (QED) is 0.718. The van der Waals surface area contributed by atoms with Gasteiger partial charge in [-0.25, -0.2) is 9.37 Å². The zero-order chi connectivity index (χ0) is 21.1. The number of aromatic nitrogens is 1. The van der Waals surface area contributed by atoms with Gasteiger partial charge in [-0.2, -0.15) is 0 Å². The van der Waals surface area contributed by atoms with Crippen molar-refractivity contribution < 1.29 is 14.0 Å². The number of halogens is 1. The fraction of sp³-hybridized carbons (Fsp3) is 0.522. The molecule has 30 heavy (non-hydrogen) atoms. The molecule has 0 radical (unpaired) electrons. The number of carbonyl (C=O) groups is 2. The van der Waals surface area contributed by atoms with E-state index in [0.717, 1.165) is 49.3 Å². The largest absolute Gasteiger partial charge is 0.343 e. The summed E-state index contributed by atoms with van der Waals surface area (Å²) in [6.07, 6.45) is 5.81. The number of likely N-dealkylation sites (tertiary alicyclic amines) is 2. The summed E-state index contributed by atoms with van der Waals surface area (Å²) in [6.45, 7) is 5.01. The standard InChI is InChI=1S/C23H28FN3O2S/c1-16-21(30-22(25-16)18-5-7-19(24)8-6-18)23(29)27-13-9-17(10-14-27)15-20(28)26-11-3-2-4-12-26/h5-8,17H,2-4,9-15H2,1H3. The van der Waals surface area contributed by atoms with E-state index in [1.54, 1.807) is 12.1 Å². The van der Waals surface area contributed by atoms with Crippen molar-refractivity contribution in [3.63, 3.8) is 0 Å². The first-order chi connectivity index (χ1) is 14.5. The van der Waals surface area contributed by atoms with Crippen LogP contribution in [0.1, 0.15) is 53.9 Å².